The molecule has 3 aromatic heterocycles. The smallest absolute Gasteiger partial charge is 0.256 e. The number of ether oxygens (including phenoxy) is 1. The molecular weight excluding hydrogens is 356 g/mol. The minimum atomic E-state index is -0.101. The highest BCUT2D eigenvalue weighted by Crippen LogP contribution is 2.36. The maximum atomic E-state index is 12.5. The van der Waals surface area contributed by atoms with Gasteiger partial charge in [0.1, 0.15) is 5.82 Å². The van der Waals surface area contributed by atoms with Crippen LogP contribution in [0.3, 0.4) is 0 Å². The van der Waals surface area contributed by atoms with Crippen molar-refractivity contribution in [1.82, 2.24) is 19.5 Å². The average molecular weight is 376 g/mol. The predicted molar refractivity (Wildman–Crippen MR) is 106 cm³/mol. The minimum absolute atomic E-state index is 0.101. The molecule has 2 aliphatic heterocycles. The average Bonchev–Trinajstić information content (AvgIpc) is 3.19. The summed E-state index contributed by atoms with van der Waals surface area (Å²) in [6.07, 6.45) is 6.12. The standard InChI is InChI=1S/C20H20N6O2/c27-17-5-1-2-8-26(17)19-16-6-9-25(15-4-3-7-21-14-15)18(16)22-20(23-19)24-10-12-28-13-11-24/h1-5,7-8,14H,6,9-13H2. The molecular formula is C20H20N6O2. The first kappa shape index (κ1) is 16.9. The van der Waals surface area contributed by atoms with Crippen LogP contribution in [0, 0.1) is 0 Å². The van der Waals surface area contributed by atoms with Gasteiger partial charge >= 0.3 is 0 Å². The summed E-state index contributed by atoms with van der Waals surface area (Å²) >= 11 is 0. The number of anilines is 3. The van der Waals surface area contributed by atoms with Crippen LogP contribution < -0.4 is 15.4 Å². The van der Waals surface area contributed by atoms with E-state index in [4.69, 9.17) is 14.7 Å². The monoisotopic (exact) mass is 376 g/mol. The minimum Gasteiger partial charge on any atom is -0.378 e. The van der Waals surface area contributed by atoms with E-state index in [-0.39, 0.29) is 5.56 Å². The third-order valence-corrected chi connectivity index (χ3v) is 5.09. The number of aromatic nitrogens is 4. The highest BCUT2D eigenvalue weighted by atomic mass is 16.5. The molecule has 3 aromatic rings. The molecule has 5 heterocycles. The summed E-state index contributed by atoms with van der Waals surface area (Å²) in [5, 5.41) is 0. The normalized spacial score (nSPS) is 16.3. The van der Waals surface area contributed by atoms with E-state index in [9.17, 15) is 4.79 Å². The number of fused-ring (bicyclic) bond motifs is 1. The van der Waals surface area contributed by atoms with Crippen LogP contribution in [0.15, 0.2) is 53.7 Å². The molecule has 142 valence electrons. The summed E-state index contributed by atoms with van der Waals surface area (Å²) in [7, 11) is 0. The maximum absolute atomic E-state index is 12.5. The van der Waals surface area contributed by atoms with Crippen molar-refractivity contribution < 1.29 is 4.74 Å². The van der Waals surface area contributed by atoms with E-state index in [0.717, 1.165) is 43.1 Å². The van der Waals surface area contributed by atoms with E-state index in [1.54, 1.807) is 29.1 Å². The molecule has 0 radical (unpaired) electrons. The van der Waals surface area contributed by atoms with Crippen molar-refractivity contribution in [2.24, 2.45) is 0 Å². The van der Waals surface area contributed by atoms with Gasteiger partial charge in [0.15, 0.2) is 5.82 Å². The van der Waals surface area contributed by atoms with Crippen molar-refractivity contribution in [2.45, 2.75) is 6.42 Å². The van der Waals surface area contributed by atoms with Crippen LogP contribution >= 0.6 is 0 Å². The highest BCUT2D eigenvalue weighted by molar-refractivity contribution is 5.70. The molecule has 1 saturated heterocycles. The van der Waals surface area contributed by atoms with E-state index in [0.29, 0.717) is 25.0 Å². The van der Waals surface area contributed by atoms with Gasteiger partial charge in [-0.05, 0) is 24.6 Å². The van der Waals surface area contributed by atoms with Crippen LogP contribution in [0.5, 0.6) is 0 Å². The molecule has 8 nitrogen and oxygen atoms in total. The molecule has 0 unspecified atom stereocenters. The van der Waals surface area contributed by atoms with E-state index in [1.165, 1.54) is 0 Å². The predicted octanol–water partition coefficient (Wildman–Crippen LogP) is 1.55. The third-order valence-electron chi connectivity index (χ3n) is 5.09. The molecule has 0 N–H and O–H groups in total. The zero-order chi connectivity index (χ0) is 18.9. The molecule has 2 aliphatic rings. The fourth-order valence-electron chi connectivity index (χ4n) is 3.70. The Morgan fingerprint density at radius 3 is 2.61 bits per heavy atom. The summed E-state index contributed by atoms with van der Waals surface area (Å²) in [5.74, 6) is 2.13. The maximum Gasteiger partial charge on any atom is 0.256 e. The molecule has 0 amide bonds. The van der Waals surface area contributed by atoms with Crippen molar-refractivity contribution in [1.29, 1.82) is 0 Å². The van der Waals surface area contributed by atoms with Gasteiger partial charge in [-0.25, -0.2) is 0 Å². The highest BCUT2D eigenvalue weighted by Gasteiger charge is 2.29. The summed E-state index contributed by atoms with van der Waals surface area (Å²) in [4.78, 5) is 30.7. The molecule has 0 aromatic carbocycles. The summed E-state index contributed by atoms with van der Waals surface area (Å²) < 4.78 is 7.08. The van der Waals surface area contributed by atoms with Crippen molar-refractivity contribution in [3.05, 3.63) is 64.8 Å². The Kier molecular flexibility index (Phi) is 4.25. The largest absolute Gasteiger partial charge is 0.378 e. The van der Waals surface area contributed by atoms with Gasteiger partial charge in [0.25, 0.3) is 5.56 Å². The van der Waals surface area contributed by atoms with E-state index < -0.39 is 0 Å². The fourth-order valence-corrected chi connectivity index (χ4v) is 3.70. The molecule has 1 fully saturated rings. The number of rotatable bonds is 3. The van der Waals surface area contributed by atoms with Crippen LogP contribution in [0.1, 0.15) is 5.56 Å². The van der Waals surface area contributed by atoms with Gasteiger partial charge < -0.3 is 14.5 Å². The molecule has 28 heavy (non-hydrogen) atoms. The first-order valence-electron chi connectivity index (χ1n) is 9.40. The molecule has 0 aliphatic carbocycles. The summed E-state index contributed by atoms with van der Waals surface area (Å²) in [6, 6.07) is 9.08. The summed E-state index contributed by atoms with van der Waals surface area (Å²) in [6.45, 7) is 3.53. The molecule has 0 bridgehead atoms. The quantitative estimate of drug-likeness (QED) is 0.686. The SMILES string of the molecule is O=c1ccccn1-c1nc(N2CCOCC2)nc2c1CCN2c1cccnc1. The van der Waals surface area contributed by atoms with E-state index in [2.05, 4.69) is 14.8 Å². The first-order chi connectivity index (χ1) is 13.8. The Hall–Kier alpha value is -3.26. The van der Waals surface area contributed by atoms with Crippen molar-refractivity contribution in [2.75, 3.05) is 42.6 Å². The van der Waals surface area contributed by atoms with Crippen LogP contribution in [0.2, 0.25) is 0 Å². The zero-order valence-corrected chi connectivity index (χ0v) is 15.4. The van der Waals surface area contributed by atoms with Gasteiger partial charge in [-0.15, -0.1) is 0 Å². The van der Waals surface area contributed by atoms with Gasteiger partial charge in [-0.1, -0.05) is 6.07 Å². The molecule has 0 atom stereocenters. The summed E-state index contributed by atoms with van der Waals surface area (Å²) in [5.41, 5.74) is 1.87. The van der Waals surface area contributed by atoms with Gasteiger partial charge in [0.05, 0.1) is 25.1 Å². The van der Waals surface area contributed by atoms with Crippen LogP contribution in [-0.2, 0) is 11.2 Å². The number of hydrogen-bond donors (Lipinski definition) is 0. The lowest BCUT2D eigenvalue weighted by Crippen LogP contribution is -2.38. The number of hydrogen-bond acceptors (Lipinski definition) is 7. The van der Waals surface area contributed by atoms with Gasteiger partial charge in [0.2, 0.25) is 5.95 Å². The Balaban J connectivity index is 1.68. The van der Waals surface area contributed by atoms with Gasteiger partial charge in [-0.2, -0.15) is 9.97 Å². The number of nitrogens with zero attached hydrogens (tertiary/aromatic N) is 6. The molecule has 5 rings (SSSR count). The lowest BCUT2D eigenvalue weighted by molar-refractivity contribution is 0.122. The number of morpholine rings is 1. The van der Waals surface area contributed by atoms with Crippen LogP contribution in [0.4, 0.5) is 17.5 Å². The van der Waals surface area contributed by atoms with Crippen LogP contribution in [0.25, 0.3) is 5.82 Å². The van der Waals surface area contributed by atoms with E-state index in [1.807, 2.05) is 24.4 Å². The topological polar surface area (TPSA) is 76.4 Å². The second-order valence-corrected chi connectivity index (χ2v) is 6.77. The second kappa shape index (κ2) is 7.05. The molecule has 0 spiro atoms. The van der Waals surface area contributed by atoms with Gasteiger partial charge in [0, 0.05) is 43.7 Å². The Bertz CT molecular complexity index is 1050. The van der Waals surface area contributed by atoms with Crippen LogP contribution in [-0.4, -0.2) is 52.4 Å². The van der Waals surface area contributed by atoms with Crippen molar-refractivity contribution in [3.63, 3.8) is 0 Å². The lowest BCUT2D eigenvalue weighted by atomic mass is 10.2. The molecule has 8 heteroatoms. The van der Waals surface area contributed by atoms with Crippen molar-refractivity contribution >= 4 is 17.5 Å². The number of pyridine rings is 2. The zero-order valence-electron chi connectivity index (χ0n) is 15.4. The Morgan fingerprint density at radius 2 is 1.82 bits per heavy atom. The third kappa shape index (κ3) is 2.91. The lowest BCUT2D eigenvalue weighted by Gasteiger charge is -2.28. The Morgan fingerprint density at radius 1 is 0.964 bits per heavy atom. The van der Waals surface area contributed by atoms with Crippen molar-refractivity contribution in [3.8, 4) is 5.82 Å². The first-order valence-corrected chi connectivity index (χ1v) is 9.40. The molecule has 0 saturated carbocycles. The fraction of sp³-hybridized carbons (Fsp3) is 0.300. The second-order valence-electron chi connectivity index (χ2n) is 6.77. The van der Waals surface area contributed by atoms with E-state index >= 15 is 0 Å². The van der Waals surface area contributed by atoms with Gasteiger partial charge in [-0.3, -0.25) is 14.3 Å². The Labute approximate surface area is 162 Å².